The van der Waals surface area contributed by atoms with Crippen LogP contribution in [0.3, 0.4) is 0 Å². The van der Waals surface area contributed by atoms with E-state index in [4.69, 9.17) is 0 Å². The maximum absolute atomic E-state index is 13.5. The van der Waals surface area contributed by atoms with Crippen molar-refractivity contribution in [3.05, 3.63) is 113 Å². The van der Waals surface area contributed by atoms with E-state index in [0.29, 0.717) is 29.9 Å². The number of nitrogens with zero attached hydrogens (tertiary/aromatic N) is 3. The lowest BCUT2D eigenvalue weighted by molar-refractivity contribution is -0.141. The lowest BCUT2D eigenvalue weighted by atomic mass is 9.98. The van der Waals surface area contributed by atoms with Gasteiger partial charge < -0.3 is 15.7 Å². The molecule has 1 unspecified atom stereocenters. The van der Waals surface area contributed by atoms with E-state index in [1.165, 1.54) is 10.7 Å². The fourth-order valence-corrected chi connectivity index (χ4v) is 4.03. The van der Waals surface area contributed by atoms with Crippen molar-refractivity contribution in [2.75, 3.05) is 18.5 Å². The van der Waals surface area contributed by atoms with Crippen molar-refractivity contribution < 1.29 is 18.3 Å². The molecule has 0 bridgehead atoms. The molecule has 9 heteroatoms. The minimum atomic E-state index is -4.60. The predicted molar refractivity (Wildman–Crippen MR) is 135 cm³/mol. The summed E-state index contributed by atoms with van der Waals surface area (Å²) in [6.07, 6.45) is -3.99. The Kier molecular flexibility index (Phi) is 8.23. The summed E-state index contributed by atoms with van der Waals surface area (Å²) >= 11 is 0. The van der Waals surface area contributed by atoms with E-state index in [1.807, 2.05) is 60.7 Å². The number of benzene rings is 3. The van der Waals surface area contributed by atoms with E-state index in [0.717, 1.165) is 22.9 Å². The molecular formula is C28H26F3N5O. The molecule has 0 saturated heterocycles. The van der Waals surface area contributed by atoms with Gasteiger partial charge in [-0.15, -0.1) is 0 Å². The highest BCUT2D eigenvalue weighted by molar-refractivity contribution is 5.49. The number of anilines is 1. The van der Waals surface area contributed by atoms with E-state index in [9.17, 15) is 23.5 Å². The van der Waals surface area contributed by atoms with E-state index in [1.54, 1.807) is 18.2 Å². The van der Waals surface area contributed by atoms with Crippen molar-refractivity contribution in [2.24, 2.45) is 0 Å². The van der Waals surface area contributed by atoms with Gasteiger partial charge in [-0.1, -0.05) is 48.5 Å². The van der Waals surface area contributed by atoms with E-state index in [-0.39, 0.29) is 19.2 Å². The first-order valence-corrected chi connectivity index (χ1v) is 11.8. The molecule has 4 aromatic rings. The van der Waals surface area contributed by atoms with Crippen LogP contribution in [0.25, 0.3) is 5.69 Å². The van der Waals surface area contributed by atoms with Gasteiger partial charge in [0.2, 0.25) is 0 Å². The van der Waals surface area contributed by atoms with Crippen molar-refractivity contribution in [1.29, 1.82) is 5.26 Å². The average Bonchev–Trinajstić information content (AvgIpc) is 3.36. The van der Waals surface area contributed by atoms with Crippen LogP contribution in [0.1, 0.15) is 40.5 Å². The highest BCUT2D eigenvalue weighted by Gasteiger charge is 2.35. The van der Waals surface area contributed by atoms with Gasteiger partial charge in [0, 0.05) is 12.3 Å². The number of hydrogen-bond acceptors (Lipinski definition) is 5. The third kappa shape index (κ3) is 6.55. The number of nitrogens with one attached hydrogen (secondary N) is 2. The highest BCUT2D eigenvalue weighted by Crippen LogP contribution is 2.30. The van der Waals surface area contributed by atoms with Gasteiger partial charge in [0.25, 0.3) is 0 Å². The molecule has 1 heterocycles. The Labute approximate surface area is 213 Å². The molecule has 1 atom stereocenters. The Hall–Kier alpha value is -4.13. The Bertz CT molecular complexity index is 1360. The Morgan fingerprint density at radius 2 is 1.70 bits per heavy atom. The fourth-order valence-electron chi connectivity index (χ4n) is 4.03. The number of nitriles is 1. The van der Waals surface area contributed by atoms with Crippen molar-refractivity contribution in [2.45, 2.75) is 25.2 Å². The maximum atomic E-state index is 13.5. The Balaban J connectivity index is 1.60. The topological polar surface area (TPSA) is 85.9 Å². The molecule has 1 aromatic heterocycles. The molecule has 3 N–H and O–H groups in total. The van der Waals surface area contributed by atoms with Gasteiger partial charge in [-0.25, -0.2) is 4.68 Å². The number of hydrogen-bond donors (Lipinski definition) is 3. The van der Waals surface area contributed by atoms with Crippen molar-refractivity contribution in [1.82, 2.24) is 15.1 Å². The fraction of sp³-hybridized carbons (Fsp3) is 0.214. The van der Waals surface area contributed by atoms with Gasteiger partial charge in [0.15, 0.2) is 5.69 Å². The first-order chi connectivity index (χ1) is 17.9. The van der Waals surface area contributed by atoms with Crippen molar-refractivity contribution >= 4 is 5.69 Å². The summed E-state index contributed by atoms with van der Waals surface area (Å²) in [6, 6.07) is 26.7. The second-order valence-electron chi connectivity index (χ2n) is 8.45. The molecule has 37 heavy (non-hydrogen) atoms. The van der Waals surface area contributed by atoms with Crippen LogP contribution in [0, 0.1) is 11.3 Å². The van der Waals surface area contributed by atoms with Crippen molar-refractivity contribution in [3.63, 3.8) is 0 Å². The lowest BCUT2D eigenvalue weighted by Gasteiger charge is -2.21. The molecule has 0 fully saturated rings. The standard InChI is InChI=1S/C28H26F3N5O/c29-28(30,31)26-17-25(36(35-26)24-12-4-7-20(15-24)18-32)19-34-23-11-5-10-22(16-23)27(33-13-6-14-37)21-8-2-1-3-9-21/h1-5,7-12,15-17,27,33-34,37H,6,13-14,19H2. The monoisotopic (exact) mass is 505 g/mol. The molecule has 3 aromatic carbocycles. The Morgan fingerprint density at radius 3 is 2.43 bits per heavy atom. The third-order valence-corrected chi connectivity index (χ3v) is 5.80. The number of aliphatic hydroxyl groups is 1. The van der Waals surface area contributed by atoms with Crippen LogP contribution >= 0.6 is 0 Å². The van der Waals surface area contributed by atoms with Crippen LogP contribution in [-0.2, 0) is 12.7 Å². The smallest absolute Gasteiger partial charge is 0.396 e. The first kappa shape index (κ1) is 25.9. The van der Waals surface area contributed by atoms with Gasteiger partial charge in [-0.3, -0.25) is 0 Å². The highest BCUT2D eigenvalue weighted by atomic mass is 19.4. The SMILES string of the molecule is N#Cc1cccc(-n2nc(C(F)(F)F)cc2CNc2cccc(C(NCCCO)c3ccccc3)c2)c1. The molecule has 0 amide bonds. The van der Waals surface area contributed by atoms with Crippen molar-refractivity contribution in [3.8, 4) is 11.8 Å². The molecule has 0 aliphatic rings. The van der Waals surface area contributed by atoms with Crippen LogP contribution in [0.4, 0.5) is 18.9 Å². The predicted octanol–water partition coefficient (Wildman–Crippen LogP) is 5.44. The van der Waals surface area contributed by atoms with Crippen LogP contribution in [-0.4, -0.2) is 28.0 Å². The van der Waals surface area contributed by atoms with E-state index >= 15 is 0 Å². The van der Waals surface area contributed by atoms with Gasteiger partial charge in [0.1, 0.15) is 0 Å². The maximum Gasteiger partial charge on any atom is 0.435 e. The van der Waals surface area contributed by atoms with Gasteiger partial charge >= 0.3 is 6.18 Å². The molecule has 0 saturated carbocycles. The van der Waals surface area contributed by atoms with E-state index in [2.05, 4.69) is 15.7 Å². The summed E-state index contributed by atoms with van der Waals surface area (Å²) < 4.78 is 41.6. The molecule has 0 radical (unpaired) electrons. The molecule has 0 aliphatic heterocycles. The summed E-state index contributed by atoms with van der Waals surface area (Å²) in [5, 5.41) is 28.8. The molecule has 0 aliphatic carbocycles. The zero-order valence-corrected chi connectivity index (χ0v) is 19.9. The Morgan fingerprint density at radius 1 is 0.946 bits per heavy atom. The largest absolute Gasteiger partial charge is 0.435 e. The third-order valence-electron chi connectivity index (χ3n) is 5.80. The second-order valence-corrected chi connectivity index (χ2v) is 8.45. The minimum Gasteiger partial charge on any atom is -0.396 e. The average molecular weight is 506 g/mol. The van der Waals surface area contributed by atoms with Crippen LogP contribution in [0.2, 0.25) is 0 Å². The second kappa shape index (κ2) is 11.7. The summed E-state index contributed by atoms with van der Waals surface area (Å²) in [5.74, 6) is 0. The molecular weight excluding hydrogens is 479 g/mol. The zero-order valence-electron chi connectivity index (χ0n) is 19.9. The van der Waals surface area contributed by atoms with E-state index < -0.39 is 11.9 Å². The summed E-state index contributed by atoms with van der Waals surface area (Å²) in [7, 11) is 0. The number of halogens is 3. The summed E-state index contributed by atoms with van der Waals surface area (Å²) in [5.41, 5.74) is 2.76. The molecule has 6 nitrogen and oxygen atoms in total. The normalized spacial score (nSPS) is 12.2. The number of alkyl halides is 3. The lowest BCUT2D eigenvalue weighted by Crippen LogP contribution is -2.24. The molecule has 0 spiro atoms. The van der Waals surface area contributed by atoms with Gasteiger partial charge in [-0.05, 0) is 60.5 Å². The minimum absolute atomic E-state index is 0.0806. The number of aliphatic hydroxyl groups excluding tert-OH is 1. The van der Waals surface area contributed by atoms with Gasteiger partial charge in [0.05, 0.1) is 35.6 Å². The number of aromatic nitrogens is 2. The van der Waals surface area contributed by atoms with Crippen LogP contribution in [0.5, 0.6) is 0 Å². The first-order valence-electron chi connectivity index (χ1n) is 11.8. The van der Waals surface area contributed by atoms with Crippen LogP contribution < -0.4 is 10.6 Å². The van der Waals surface area contributed by atoms with Crippen LogP contribution in [0.15, 0.2) is 84.9 Å². The summed E-state index contributed by atoms with van der Waals surface area (Å²) in [6.45, 7) is 0.785. The zero-order chi connectivity index (χ0) is 26.3. The summed E-state index contributed by atoms with van der Waals surface area (Å²) in [4.78, 5) is 0. The quantitative estimate of drug-likeness (QED) is 0.250. The van der Waals surface area contributed by atoms with Gasteiger partial charge in [-0.2, -0.15) is 23.5 Å². The molecule has 4 rings (SSSR count). The number of rotatable bonds is 10. The molecule has 190 valence electrons.